The first kappa shape index (κ1) is 13.8. The zero-order chi connectivity index (χ0) is 11.4. The van der Waals surface area contributed by atoms with Crippen molar-refractivity contribution < 1.29 is 8.42 Å². The lowest BCUT2D eigenvalue weighted by Gasteiger charge is -2.21. The molecule has 0 saturated heterocycles. The molecule has 0 aliphatic heterocycles. The van der Waals surface area contributed by atoms with Gasteiger partial charge in [-0.3, -0.25) is 0 Å². The quantitative estimate of drug-likeness (QED) is 0.583. The molecular weight excluding hydrogens is 202 g/mol. The second-order valence-corrected chi connectivity index (χ2v) is 5.46. The summed E-state index contributed by atoms with van der Waals surface area (Å²) in [7, 11) is -3.42. The van der Waals surface area contributed by atoms with E-state index in [0.717, 1.165) is 0 Å². The fourth-order valence-corrected chi connectivity index (χ4v) is 2.46. The summed E-state index contributed by atoms with van der Waals surface area (Å²) in [5, 5.41) is 0. The van der Waals surface area contributed by atoms with Crippen molar-refractivity contribution in [3.8, 4) is 0 Å². The molecule has 6 heteroatoms. The Labute approximate surface area is 86.6 Å². The van der Waals surface area contributed by atoms with E-state index >= 15 is 0 Å². The van der Waals surface area contributed by atoms with Crippen LogP contribution in [0.1, 0.15) is 27.7 Å². The van der Waals surface area contributed by atoms with Gasteiger partial charge >= 0.3 is 0 Å². The van der Waals surface area contributed by atoms with Gasteiger partial charge in [-0.15, -0.1) is 0 Å². The van der Waals surface area contributed by atoms with Crippen LogP contribution in [0.2, 0.25) is 0 Å². The largest absolute Gasteiger partial charge is 0.329 e. The minimum Gasteiger partial charge on any atom is -0.329 e. The van der Waals surface area contributed by atoms with Gasteiger partial charge in [-0.1, -0.05) is 13.8 Å². The summed E-state index contributed by atoms with van der Waals surface area (Å²) in [6.45, 7) is 7.69. The Morgan fingerprint density at radius 3 is 1.93 bits per heavy atom. The molecule has 0 rings (SSSR count). The number of rotatable bonds is 6. The third-order valence-electron chi connectivity index (χ3n) is 1.76. The van der Waals surface area contributed by atoms with Crippen molar-refractivity contribution in [2.75, 3.05) is 6.54 Å². The highest BCUT2D eigenvalue weighted by Gasteiger charge is 2.19. The molecule has 0 amide bonds. The van der Waals surface area contributed by atoms with Crippen LogP contribution in [-0.4, -0.2) is 27.0 Å². The Hall–Kier alpha value is -0.170. The van der Waals surface area contributed by atoms with Crippen LogP contribution in [0, 0.1) is 5.92 Å². The molecule has 0 aliphatic rings. The number of nitrogens with one attached hydrogen (secondary N) is 2. The van der Waals surface area contributed by atoms with Gasteiger partial charge in [0.15, 0.2) is 0 Å². The van der Waals surface area contributed by atoms with Gasteiger partial charge in [0.25, 0.3) is 10.2 Å². The lowest BCUT2D eigenvalue weighted by Crippen LogP contribution is -2.49. The minimum atomic E-state index is -3.42. The van der Waals surface area contributed by atoms with Gasteiger partial charge in [-0.2, -0.15) is 17.9 Å². The second kappa shape index (κ2) is 5.65. The standard InChI is InChI=1S/C8H21N3O2S/c1-6(2)8(5-9)11-14(12,13)10-7(3)4/h6-8,10-11H,5,9H2,1-4H3. The topological polar surface area (TPSA) is 84.2 Å². The van der Waals surface area contributed by atoms with Crippen molar-refractivity contribution in [2.24, 2.45) is 11.7 Å². The van der Waals surface area contributed by atoms with Crippen LogP contribution < -0.4 is 15.2 Å². The summed E-state index contributed by atoms with van der Waals surface area (Å²) >= 11 is 0. The fourth-order valence-electron chi connectivity index (χ4n) is 1.000. The molecular formula is C8H21N3O2S. The lowest BCUT2D eigenvalue weighted by atomic mass is 10.1. The smallest absolute Gasteiger partial charge is 0.277 e. The molecule has 0 aromatic heterocycles. The summed E-state index contributed by atoms with van der Waals surface area (Å²) < 4.78 is 27.8. The highest BCUT2D eigenvalue weighted by atomic mass is 32.2. The molecule has 86 valence electrons. The van der Waals surface area contributed by atoms with Crippen molar-refractivity contribution in [3.05, 3.63) is 0 Å². The molecule has 14 heavy (non-hydrogen) atoms. The Bertz CT molecular complexity index is 249. The van der Waals surface area contributed by atoms with Crippen LogP contribution in [-0.2, 0) is 10.2 Å². The molecule has 0 aliphatic carbocycles. The average molecular weight is 223 g/mol. The third-order valence-corrected chi connectivity index (χ3v) is 3.15. The zero-order valence-corrected chi connectivity index (χ0v) is 10.1. The van der Waals surface area contributed by atoms with E-state index in [1.54, 1.807) is 13.8 Å². The van der Waals surface area contributed by atoms with Crippen molar-refractivity contribution in [1.29, 1.82) is 0 Å². The molecule has 0 bridgehead atoms. The summed E-state index contributed by atoms with van der Waals surface area (Å²) in [5.41, 5.74) is 5.46. The van der Waals surface area contributed by atoms with Crippen LogP contribution in [0.4, 0.5) is 0 Å². The van der Waals surface area contributed by atoms with Crippen molar-refractivity contribution >= 4 is 10.2 Å². The minimum absolute atomic E-state index is 0.113. The van der Waals surface area contributed by atoms with Gasteiger partial charge in [0.2, 0.25) is 0 Å². The molecule has 0 aromatic rings. The van der Waals surface area contributed by atoms with E-state index in [4.69, 9.17) is 5.73 Å². The SMILES string of the molecule is CC(C)NS(=O)(=O)NC(CN)C(C)C. The van der Waals surface area contributed by atoms with Gasteiger partial charge in [0.1, 0.15) is 0 Å². The van der Waals surface area contributed by atoms with Gasteiger partial charge in [0.05, 0.1) is 0 Å². The summed E-state index contributed by atoms with van der Waals surface area (Å²) in [4.78, 5) is 0. The fraction of sp³-hybridized carbons (Fsp3) is 1.00. The number of hydrogen-bond acceptors (Lipinski definition) is 3. The van der Waals surface area contributed by atoms with E-state index in [0.29, 0.717) is 6.54 Å². The Kier molecular flexibility index (Phi) is 5.58. The maximum atomic E-state index is 11.4. The van der Waals surface area contributed by atoms with Crippen LogP contribution in [0.5, 0.6) is 0 Å². The predicted octanol–water partition coefficient (Wildman–Crippen LogP) is -0.198. The molecule has 0 saturated carbocycles. The second-order valence-electron chi connectivity index (χ2n) is 3.98. The van der Waals surface area contributed by atoms with Gasteiger partial charge < -0.3 is 5.73 Å². The molecule has 4 N–H and O–H groups in total. The molecule has 1 atom stereocenters. The van der Waals surface area contributed by atoms with Gasteiger partial charge in [-0.25, -0.2) is 0 Å². The molecule has 0 spiro atoms. The first-order valence-corrected chi connectivity index (χ1v) is 6.26. The number of nitrogens with two attached hydrogens (primary N) is 1. The van der Waals surface area contributed by atoms with E-state index in [1.807, 2.05) is 13.8 Å². The third kappa shape index (κ3) is 5.54. The molecule has 0 aromatic carbocycles. The highest BCUT2D eigenvalue weighted by molar-refractivity contribution is 7.87. The molecule has 1 unspecified atom stereocenters. The van der Waals surface area contributed by atoms with E-state index in [1.165, 1.54) is 0 Å². The van der Waals surface area contributed by atoms with E-state index < -0.39 is 10.2 Å². The molecule has 0 fully saturated rings. The Morgan fingerprint density at radius 2 is 1.64 bits per heavy atom. The monoisotopic (exact) mass is 223 g/mol. The van der Waals surface area contributed by atoms with E-state index in [2.05, 4.69) is 9.44 Å². The first-order chi connectivity index (χ1) is 6.28. The maximum Gasteiger partial charge on any atom is 0.277 e. The van der Waals surface area contributed by atoms with Crippen molar-refractivity contribution in [3.63, 3.8) is 0 Å². The normalized spacial score (nSPS) is 15.1. The summed E-state index contributed by atoms with van der Waals surface area (Å²) in [5.74, 6) is 0.184. The number of hydrogen-bond donors (Lipinski definition) is 3. The van der Waals surface area contributed by atoms with Crippen molar-refractivity contribution in [2.45, 2.75) is 39.8 Å². The van der Waals surface area contributed by atoms with E-state index in [9.17, 15) is 8.42 Å². The molecule has 5 nitrogen and oxygen atoms in total. The van der Waals surface area contributed by atoms with Gasteiger partial charge in [0, 0.05) is 18.6 Å². The molecule has 0 heterocycles. The zero-order valence-electron chi connectivity index (χ0n) is 9.24. The highest BCUT2D eigenvalue weighted by Crippen LogP contribution is 2.00. The average Bonchev–Trinajstić information content (AvgIpc) is 1.97. The predicted molar refractivity (Wildman–Crippen MR) is 58.0 cm³/mol. The lowest BCUT2D eigenvalue weighted by molar-refractivity contribution is 0.448. The Morgan fingerprint density at radius 1 is 1.14 bits per heavy atom. The first-order valence-electron chi connectivity index (χ1n) is 4.78. The van der Waals surface area contributed by atoms with E-state index in [-0.39, 0.29) is 18.0 Å². The molecule has 0 radical (unpaired) electrons. The van der Waals surface area contributed by atoms with Crippen molar-refractivity contribution in [1.82, 2.24) is 9.44 Å². The Balaban J connectivity index is 4.33. The van der Waals surface area contributed by atoms with Crippen LogP contribution in [0.25, 0.3) is 0 Å². The summed E-state index contributed by atoms with van der Waals surface area (Å²) in [6, 6.07) is -0.329. The van der Waals surface area contributed by atoms with Crippen LogP contribution in [0.15, 0.2) is 0 Å². The van der Waals surface area contributed by atoms with Gasteiger partial charge in [-0.05, 0) is 19.8 Å². The van der Waals surface area contributed by atoms with Crippen LogP contribution in [0.3, 0.4) is 0 Å². The summed E-state index contributed by atoms with van der Waals surface area (Å²) in [6.07, 6.45) is 0. The maximum absolute atomic E-state index is 11.4. The van der Waals surface area contributed by atoms with Crippen LogP contribution >= 0.6 is 0 Å².